The summed E-state index contributed by atoms with van der Waals surface area (Å²) < 4.78 is 0. The molecule has 2 N–H and O–H groups in total. The van der Waals surface area contributed by atoms with Crippen molar-refractivity contribution in [1.29, 1.82) is 0 Å². The highest BCUT2D eigenvalue weighted by molar-refractivity contribution is 5.77. The van der Waals surface area contributed by atoms with Crippen molar-refractivity contribution < 1.29 is 10.2 Å². The minimum absolute atomic E-state index is 0.324. The predicted octanol–water partition coefficient (Wildman–Crippen LogP) is 4.31. The maximum atomic E-state index is 10.4. The van der Waals surface area contributed by atoms with Crippen LogP contribution < -0.4 is 0 Å². The second-order valence-corrected chi connectivity index (χ2v) is 5.32. The Morgan fingerprint density at radius 3 is 1.68 bits per heavy atom. The Hall–Kier alpha value is -1.96. The van der Waals surface area contributed by atoms with E-state index in [0.717, 1.165) is 38.9 Å². The molecule has 0 saturated heterocycles. The SMILES string of the molecule is Cc1cc(C)c(-c2cc(C)c(O)c(C)c2)c(O)c1C. The zero-order valence-electron chi connectivity index (χ0n) is 12.1. The van der Waals surface area contributed by atoms with Crippen molar-refractivity contribution >= 4 is 0 Å². The number of benzene rings is 2. The van der Waals surface area contributed by atoms with E-state index in [1.807, 2.05) is 46.8 Å². The van der Waals surface area contributed by atoms with Crippen molar-refractivity contribution in [2.24, 2.45) is 0 Å². The molecule has 0 aliphatic heterocycles. The van der Waals surface area contributed by atoms with E-state index in [-0.39, 0.29) is 0 Å². The van der Waals surface area contributed by atoms with Crippen LogP contribution in [-0.2, 0) is 0 Å². The number of phenols is 2. The highest BCUT2D eigenvalue weighted by atomic mass is 16.3. The molecule has 2 heteroatoms. The summed E-state index contributed by atoms with van der Waals surface area (Å²) in [5.74, 6) is 0.659. The molecule has 0 radical (unpaired) electrons. The fourth-order valence-corrected chi connectivity index (χ4v) is 2.53. The van der Waals surface area contributed by atoms with Gasteiger partial charge in [-0.05, 0) is 80.1 Å². The summed E-state index contributed by atoms with van der Waals surface area (Å²) in [6, 6.07) is 5.92. The maximum Gasteiger partial charge on any atom is 0.126 e. The summed E-state index contributed by atoms with van der Waals surface area (Å²) in [6.45, 7) is 9.67. The molecule has 0 saturated carbocycles. The molecule has 0 spiro atoms. The molecule has 0 atom stereocenters. The number of rotatable bonds is 1. The monoisotopic (exact) mass is 256 g/mol. The van der Waals surface area contributed by atoms with Crippen molar-refractivity contribution in [3.05, 3.63) is 46.0 Å². The van der Waals surface area contributed by atoms with Gasteiger partial charge in [-0.15, -0.1) is 0 Å². The molecule has 2 rings (SSSR count). The average Bonchev–Trinajstić information content (AvgIpc) is 2.33. The lowest BCUT2D eigenvalue weighted by Crippen LogP contribution is -1.92. The highest BCUT2D eigenvalue weighted by Gasteiger charge is 2.14. The van der Waals surface area contributed by atoms with Gasteiger partial charge in [-0.3, -0.25) is 0 Å². The lowest BCUT2D eigenvalue weighted by molar-refractivity contribution is 0.466. The first-order valence-electron chi connectivity index (χ1n) is 6.43. The molecule has 2 aromatic rings. The van der Waals surface area contributed by atoms with E-state index >= 15 is 0 Å². The van der Waals surface area contributed by atoms with Crippen molar-refractivity contribution in [2.75, 3.05) is 0 Å². The van der Waals surface area contributed by atoms with Crippen LogP contribution in [0.1, 0.15) is 27.8 Å². The van der Waals surface area contributed by atoms with E-state index in [1.165, 1.54) is 0 Å². The third kappa shape index (κ3) is 2.19. The van der Waals surface area contributed by atoms with Gasteiger partial charge in [-0.1, -0.05) is 6.07 Å². The molecule has 0 unspecified atom stereocenters. The van der Waals surface area contributed by atoms with Gasteiger partial charge in [0.1, 0.15) is 11.5 Å². The molecule has 2 aromatic carbocycles. The molecule has 0 amide bonds. The van der Waals surface area contributed by atoms with Crippen molar-refractivity contribution in [3.8, 4) is 22.6 Å². The Bertz CT molecular complexity index is 632. The fourth-order valence-electron chi connectivity index (χ4n) is 2.53. The first kappa shape index (κ1) is 13.5. The molecule has 0 heterocycles. The Kier molecular flexibility index (Phi) is 3.27. The molecule has 0 aliphatic carbocycles. The normalized spacial score (nSPS) is 10.8. The second-order valence-electron chi connectivity index (χ2n) is 5.32. The van der Waals surface area contributed by atoms with E-state index in [0.29, 0.717) is 11.5 Å². The minimum atomic E-state index is 0.324. The van der Waals surface area contributed by atoms with Crippen LogP contribution in [0.5, 0.6) is 11.5 Å². The Morgan fingerprint density at radius 1 is 0.632 bits per heavy atom. The van der Waals surface area contributed by atoms with Crippen LogP contribution in [0.4, 0.5) is 0 Å². The molecular weight excluding hydrogens is 236 g/mol. The molecule has 2 nitrogen and oxygen atoms in total. The Labute approximate surface area is 114 Å². The number of hydrogen-bond donors (Lipinski definition) is 2. The van der Waals surface area contributed by atoms with Crippen LogP contribution in [-0.4, -0.2) is 10.2 Å². The zero-order valence-corrected chi connectivity index (χ0v) is 12.1. The third-order valence-electron chi connectivity index (χ3n) is 3.79. The van der Waals surface area contributed by atoms with E-state index in [4.69, 9.17) is 0 Å². The van der Waals surface area contributed by atoms with Crippen LogP contribution in [0.15, 0.2) is 18.2 Å². The Balaban J connectivity index is 2.76. The van der Waals surface area contributed by atoms with E-state index in [1.54, 1.807) is 0 Å². The van der Waals surface area contributed by atoms with Crippen LogP contribution >= 0.6 is 0 Å². The lowest BCUT2D eigenvalue weighted by Gasteiger charge is -2.15. The van der Waals surface area contributed by atoms with Gasteiger partial charge >= 0.3 is 0 Å². The fraction of sp³-hybridized carbons (Fsp3) is 0.294. The van der Waals surface area contributed by atoms with Gasteiger partial charge in [0.2, 0.25) is 0 Å². The van der Waals surface area contributed by atoms with Crippen molar-refractivity contribution in [3.63, 3.8) is 0 Å². The summed E-state index contributed by atoms with van der Waals surface area (Å²) in [4.78, 5) is 0. The van der Waals surface area contributed by atoms with Crippen LogP contribution in [0.25, 0.3) is 11.1 Å². The standard InChI is InChI=1S/C17H20O2/c1-9-6-10(2)15(17(19)13(9)5)14-7-11(3)16(18)12(4)8-14/h6-8,18-19H,1-5H3. The quantitative estimate of drug-likeness (QED) is 0.798. The molecule has 0 aromatic heterocycles. The second kappa shape index (κ2) is 4.61. The molecular formula is C17H20O2. The van der Waals surface area contributed by atoms with Gasteiger partial charge in [0, 0.05) is 5.56 Å². The van der Waals surface area contributed by atoms with Gasteiger partial charge < -0.3 is 10.2 Å². The van der Waals surface area contributed by atoms with E-state index in [2.05, 4.69) is 6.07 Å². The molecule has 0 fully saturated rings. The van der Waals surface area contributed by atoms with Crippen LogP contribution in [0.3, 0.4) is 0 Å². The average molecular weight is 256 g/mol. The summed E-state index contributed by atoms with van der Waals surface area (Å²) in [5.41, 5.74) is 6.50. The topological polar surface area (TPSA) is 40.5 Å². The molecule has 0 aliphatic rings. The van der Waals surface area contributed by atoms with Crippen molar-refractivity contribution in [1.82, 2.24) is 0 Å². The molecule has 0 bridgehead atoms. The summed E-state index contributed by atoms with van der Waals surface area (Å²) in [5, 5.41) is 20.3. The maximum absolute atomic E-state index is 10.4. The first-order chi connectivity index (χ1) is 8.82. The first-order valence-corrected chi connectivity index (χ1v) is 6.43. The molecule has 19 heavy (non-hydrogen) atoms. The van der Waals surface area contributed by atoms with Gasteiger partial charge in [0.05, 0.1) is 0 Å². The number of aryl methyl sites for hydroxylation is 4. The third-order valence-corrected chi connectivity index (χ3v) is 3.79. The summed E-state index contributed by atoms with van der Waals surface area (Å²) in [7, 11) is 0. The van der Waals surface area contributed by atoms with Gasteiger partial charge in [-0.2, -0.15) is 0 Å². The van der Waals surface area contributed by atoms with Crippen LogP contribution in [0, 0.1) is 34.6 Å². The largest absolute Gasteiger partial charge is 0.507 e. The van der Waals surface area contributed by atoms with Gasteiger partial charge in [0.15, 0.2) is 0 Å². The van der Waals surface area contributed by atoms with Gasteiger partial charge in [-0.25, -0.2) is 0 Å². The Morgan fingerprint density at radius 2 is 1.16 bits per heavy atom. The number of phenolic OH excluding ortho intramolecular Hbond substituents is 2. The molecule has 100 valence electrons. The lowest BCUT2D eigenvalue weighted by atomic mass is 9.92. The van der Waals surface area contributed by atoms with Crippen molar-refractivity contribution in [2.45, 2.75) is 34.6 Å². The summed E-state index contributed by atoms with van der Waals surface area (Å²) in [6.07, 6.45) is 0. The van der Waals surface area contributed by atoms with Gasteiger partial charge in [0.25, 0.3) is 0 Å². The number of hydrogen-bond acceptors (Lipinski definition) is 2. The number of aromatic hydroxyl groups is 2. The van der Waals surface area contributed by atoms with E-state index in [9.17, 15) is 10.2 Å². The zero-order chi connectivity index (χ0) is 14.3. The van der Waals surface area contributed by atoms with E-state index < -0.39 is 0 Å². The minimum Gasteiger partial charge on any atom is -0.507 e. The summed E-state index contributed by atoms with van der Waals surface area (Å²) >= 11 is 0. The smallest absolute Gasteiger partial charge is 0.126 e. The highest BCUT2D eigenvalue weighted by Crippen LogP contribution is 2.39. The van der Waals surface area contributed by atoms with Crippen LogP contribution in [0.2, 0.25) is 0 Å². The predicted molar refractivity (Wildman–Crippen MR) is 78.9 cm³/mol.